The first-order valence-corrected chi connectivity index (χ1v) is 6.13. The lowest BCUT2D eigenvalue weighted by Gasteiger charge is -2.12. The van der Waals surface area contributed by atoms with Crippen molar-refractivity contribution in [2.75, 3.05) is 5.32 Å². The summed E-state index contributed by atoms with van der Waals surface area (Å²) in [6, 6.07) is 12.2. The molecule has 2 aromatic carbocycles. The smallest absolute Gasteiger partial charge is 0.147 e. The number of hydrogen-bond donors (Lipinski definition) is 1. The molecule has 0 bridgehead atoms. The van der Waals surface area contributed by atoms with Crippen LogP contribution in [-0.4, -0.2) is 0 Å². The molecule has 0 unspecified atom stereocenters. The fourth-order valence-corrected chi connectivity index (χ4v) is 1.99. The number of para-hydroxylation sites is 1. The van der Waals surface area contributed by atoms with Gasteiger partial charge in [-0.2, -0.15) is 5.26 Å². The lowest BCUT2D eigenvalue weighted by atomic mass is 10.1. The van der Waals surface area contributed by atoms with Gasteiger partial charge in [0.15, 0.2) is 0 Å². The minimum atomic E-state index is -0.364. The van der Waals surface area contributed by atoms with Crippen LogP contribution in [-0.2, 0) is 0 Å². The van der Waals surface area contributed by atoms with Crippen LogP contribution in [0.2, 0.25) is 0 Å². The van der Waals surface area contributed by atoms with Crippen LogP contribution < -0.4 is 5.32 Å². The molecule has 0 amide bonds. The van der Waals surface area contributed by atoms with Gasteiger partial charge in [-0.15, -0.1) is 0 Å². The monoisotopic (exact) mass is 304 g/mol. The average molecular weight is 305 g/mol. The van der Waals surface area contributed by atoms with E-state index in [4.69, 9.17) is 5.26 Å². The van der Waals surface area contributed by atoms with Gasteiger partial charge in [-0.05, 0) is 36.8 Å². The number of halogens is 2. The van der Waals surface area contributed by atoms with Gasteiger partial charge in [0.1, 0.15) is 11.9 Å². The Morgan fingerprint density at radius 2 is 2.06 bits per heavy atom. The summed E-state index contributed by atoms with van der Waals surface area (Å²) in [6.07, 6.45) is 0. The summed E-state index contributed by atoms with van der Waals surface area (Å²) < 4.78 is 14.4. The molecule has 2 rings (SSSR count). The fourth-order valence-electron chi connectivity index (χ4n) is 1.65. The van der Waals surface area contributed by atoms with Crippen LogP contribution in [0.5, 0.6) is 0 Å². The number of nitrogens with one attached hydrogen (secondary N) is 1. The van der Waals surface area contributed by atoms with E-state index in [1.807, 2.05) is 13.0 Å². The number of nitrogens with zero attached hydrogens (tertiary/aromatic N) is 1. The van der Waals surface area contributed by atoms with E-state index in [0.717, 1.165) is 5.56 Å². The van der Waals surface area contributed by atoms with Gasteiger partial charge in [-0.25, -0.2) is 4.39 Å². The molecule has 2 aromatic rings. The second kappa shape index (κ2) is 5.19. The number of hydrogen-bond acceptors (Lipinski definition) is 2. The molecule has 0 radical (unpaired) electrons. The molecule has 1 N–H and O–H groups in total. The van der Waals surface area contributed by atoms with Crippen molar-refractivity contribution in [3.63, 3.8) is 0 Å². The van der Waals surface area contributed by atoms with Crippen LogP contribution in [0.15, 0.2) is 40.9 Å². The number of rotatable bonds is 2. The summed E-state index contributed by atoms with van der Waals surface area (Å²) in [6.45, 7) is 1.87. The molecule has 0 fully saturated rings. The largest absolute Gasteiger partial charge is 0.352 e. The zero-order valence-corrected chi connectivity index (χ0v) is 11.3. The molecule has 90 valence electrons. The summed E-state index contributed by atoms with van der Waals surface area (Å²) in [7, 11) is 0. The van der Waals surface area contributed by atoms with Gasteiger partial charge >= 0.3 is 0 Å². The number of nitriles is 1. The maximum atomic E-state index is 13.7. The zero-order valence-electron chi connectivity index (χ0n) is 9.67. The lowest BCUT2D eigenvalue weighted by molar-refractivity contribution is 0.631. The van der Waals surface area contributed by atoms with Crippen molar-refractivity contribution in [1.82, 2.24) is 0 Å². The second-order valence-electron chi connectivity index (χ2n) is 3.86. The van der Waals surface area contributed by atoms with Crippen molar-refractivity contribution < 1.29 is 4.39 Å². The summed E-state index contributed by atoms with van der Waals surface area (Å²) in [4.78, 5) is 0. The highest BCUT2D eigenvalue weighted by Gasteiger charge is 2.08. The Bertz CT molecular complexity index is 632. The topological polar surface area (TPSA) is 35.8 Å². The van der Waals surface area contributed by atoms with Gasteiger partial charge in [-0.3, -0.25) is 0 Å². The number of anilines is 2. The first-order chi connectivity index (χ1) is 8.61. The predicted octanol–water partition coefficient (Wildman–Crippen LogP) is 4.51. The molecule has 2 nitrogen and oxygen atoms in total. The van der Waals surface area contributed by atoms with E-state index in [9.17, 15) is 4.39 Å². The summed E-state index contributed by atoms with van der Waals surface area (Å²) in [5.74, 6) is -0.364. The quantitative estimate of drug-likeness (QED) is 0.886. The normalized spacial score (nSPS) is 9.89. The van der Waals surface area contributed by atoms with Crippen molar-refractivity contribution >= 4 is 27.3 Å². The standard InChI is InChI=1S/C14H10BrFN2/c1-9-3-2-4-10(8-17)14(9)18-13-6-5-11(15)7-12(13)16/h2-7,18H,1H3. The fraction of sp³-hybridized carbons (Fsp3) is 0.0714. The third-order valence-corrected chi connectivity index (χ3v) is 3.08. The molecule has 0 atom stereocenters. The van der Waals surface area contributed by atoms with Gasteiger partial charge in [0.25, 0.3) is 0 Å². The molecule has 0 saturated carbocycles. The highest BCUT2D eigenvalue weighted by atomic mass is 79.9. The van der Waals surface area contributed by atoms with Crippen LogP contribution in [0.1, 0.15) is 11.1 Å². The van der Waals surface area contributed by atoms with Crippen molar-refractivity contribution in [3.8, 4) is 6.07 Å². The number of aryl methyl sites for hydroxylation is 1. The van der Waals surface area contributed by atoms with Gasteiger partial charge in [0.2, 0.25) is 0 Å². The van der Waals surface area contributed by atoms with Crippen molar-refractivity contribution in [1.29, 1.82) is 5.26 Å². The summed E-state index contributed by atoms with van der Waals surface area (Å²) in [5, 5.41) is 12.0. The first kappa shape index (κ1) is 12.6. The molecule has 0 aliphatic rings. The third kappa shape index (κ3) is 2.52. The van der Waals surface area contributed by atoms with Gasteiger partial charge < -0.3 is 5.32 Å². The van der Waals surface area contributed by atoms with Crippen molar-refractivity contribution in [2.24, 2.45) is 0 Å². The van der Waals surface area contributed by atoms with Crippen LogP contribution in [0.25, 0.3) is 0 Å². The molecule has 0 spiro atoms. The Hall–Kier alpha value is -1.86. The van der Waals surface area contributed by atoms with Gasteiger partial charge in [0, 0.05) is 4.47 Å². The van der Waals surface area contributed by atoms with Crippen LogP contribution in [0.4, 0.5) is 15.8 Å². The lowest BCUT2D eigenvalue weighted by Crippen LogP contribution is -1.98. The van der Waals surface area contributed by atoms with Crippen molar-refractivity contribution in [2.45, 2.75) is 6.92 Å². The molecular weight excluding hydrogens is 295 g/mol. The predicted molar refractivity (Wildman–Crippen MR) is 73.3 cm³/mol. The second-order valence-corrected chi connectivity index (χ2v) is 4.77. The van der Waals surface area contributed by atoms with E-state index in [-0.39, 0.29) is 5.82 Å². The maximum absolute atomic E-state index is 13.7. The van der Waals surface area contributed by atoms with Gasteiger partial charge in [-0.1, -0.05) is 28.1 Å². The maximum Gasteiger partial charge on any atom is 0.147 e. The molecule has 0 aromatic heterocycles. The van der Waals surface area contributed by atoms with E-state index in [1.54, 1.807) is 24.3 Å². The van der Waals surface area contributed by atoms with E-state index in [0.29, 0.717) is 21.4 Å². The Balaban J connectivity index is 2.43. The molecule has 0 aliphatic heterocycles. The van der Waals surface area contributed by atoms with Crippen LogP contribution >= 0.6 is 15.9 Å². The highest BCUT2D eigenvalue weighted by molar-refractivity contribution is 9.10. The Labute approximate surface area is 113 Å². The SMILES string of the molecule is Cc1cccc(C#N)c1Nc1ccc(Br)cc1F. The molecule has 0 aliphatic carbocycles. The molecule has 0 heterocycles. The third-order valence-electron chi connectivity index (χ3n) is 2.58. The van der Waals surface area contributed by atoms with Crippen molar-refractivity contribution in [3.05, 3.63) is 57.8 Å². The highest BCUT2D eigenvalue weighted by Crippen LogP contribution is 2.27. The van der Waals surface area contributed by atoms with E-state index in [1.165, 1.54) is 6.07 Å². The summed E-state index contributed by atoms with van der Waals surface area (Å²) in [5.41, 5.74) is 2.39. The molecular formula is C14H10BrFN2. The summed E-state index contributed by atoms with van der Waals surface area (Å²) >= 11 is 3.20. The van der Waals surface area contributed by atoms with Crippen LogP contribution in [0, 0.1) is 24.1 Å². The van der Waals surface area contributed by atoms with Gasteiger partial charge in [0.05, 0.1) is 16.9 Å². The van der Waals surface area contributed by atoms with E-state index >= 15 is 0 Å². The first-order valence-electron chi connectivity index (χ1n) is 5.33. The number of benzene rings is 2. The molecule has 18 heavy (non-hydrogen) atoms. The molecule has 4 heteroatoms. The Morgan fingerprint density at radius 3 is 2.72 bits per heavy atom. The minimum absolute atomic E-state index is 0.351. The average Bonchev–Trinajstić information content (AvgIpc) is 2.34. The Kier molecular flexibility index (Phi) is 3.63. The Morgan fingerprint density at radius 1 is 1.28 bits per heavy atom. The zero-order chi connectivity index (χ0) is 13.1. The minimum Gasteiger partial charge on any atom is -0.352 e. The van der Waals surface area contributed by atoms with E-state index in [2.05, 4.69) is 27.3 Å². The van der Waals surface area contributed by atoms with Crippen LogP contribution in [0.3, 0.4) is 0 Å². The van der Waals surface area contributed by atoms with E-state index < -0.39 is 0 Å². The molecule has 0 saturated heterocycles.